The molecule has 4 heterocycles. The van der Waals surface area contributed by atoms with E-state index in [0.29, 0.717) is 6.42 Å². The predicted molar refractivity (Wildman–Crippen MR) is 130 cm³/mol. The van der Waals surface area contributed by atoms with Crippen molar-refractivity contribution in [3.63, 3.8) is 0 Å². The zero-order valence-corrected chi connectivity index (χ0v) is 20.3. The molecule has 2 aliphatic heterocycles. The van der Waals surface area contributed by atoms with Crippen molar-refractivity contribution in [3.05, 3.63) is 46.5 Å². The number of piperidine rings is 1. The van der Waals surface area contributed by atoms with Crippen molar-refractivity contribution in [3.8, 4) is 5.75 Å². The van der Waals surface area contributed by atoms with Gasteiger partial charge in [-0.1, -0.05) is 0 Å². The number of aryl methyl sites for hydroxylation is 2. The smallest absolute Gasteiger partial charge is 0.228 e. The summed E-state index contributed by atoms with van der Waals surface area (Å²) >= 11 is 0. The first-order valence-electron chi connectivity index (χ1n) is 11.9. The van der Waals surface area contributed by atoms with E-state index in [4.69, 9.17) is 14.7 Å². The zero-order chi connectivity index (χ0) is 23.3. The second-order valence-electron chi connectivity index (χ2n) is 9.50. The molecule has 0 spiro atoms. The monoisotopic (exact) mass is 447 g/mol. The Labute approximate surface area is 195 Å². The third-order valence-corrected chi connectivity index (χ3v) is 7.57. The molecule has 1 fully saturated rings. The number of methoxy groups -OCH3 is 1. The molecule has 0 saturated carbocycles. The highest BCUT2D eigenvalue weighted by Crippen LogP contribution is 2.34. The van der Waals surface area contributed by atoms with Gasteiger partial charge in [-0.15, -0.1) is 0 Å². The lowest BCUT2D eigenvalue weighted by Crippen LogP contribution is -2.36. The molecule has 0 aliphatic carbocycles. The third-order valence-electron chi connectivity index (χ3n) is 7.57. The highest BCUT2D eigenvalue weighted by molar-refractivity contribution is 5.94. The molecule has 1 saturated heterocycles. The number of hydrogen-bond donors (Lipinski definition) is 0. The minimum absolute atomic E-state index is 0.138. The SMILES string of the molecule is COc1ccc2c(c1)c(CN1CCC[C@H](c3nc(C)c4c(n3)N(C)C(=O)CC4)C1)c(C)n2C. The fraction of sp³-hybridized carbons (Fsp3) is 0.500. The number of likely N-dealkylation sites (tertiary alicyclic amines) is 1. The summed E-state index contributed by atoms with van der Waals surface area (Å²) in [7, 11) is 5.69. The molecule has 0 radical (unpaired) electrons. The van der Waals surface area contributed by atoms with Crippen LogP contribution >= 0.6 is 0 Å². The van der Waals surface area contributed by atoms with Gasteiger partial charge in [-0.25, -0.2) is 9.97 Å². The van der Waals surface area contributed by atoms with Crippen LogP contribution < -0.4 is 9.64 Å². The highest BCUT2D eigenvalue weighted by atomic mass is 16.5. The Kier molecular flexibility index (Phi) is 5.60. The van der Waals surface area contributed by atoms with Gasteiger partial charge < -0.3 is 9.30 Å². The number of amides is 1. The summed E-state index contributed by atoms with van der Waals surface area (Å²) in [5, 5.41) is 1.26. The fourth-order valence-electron chi connectivity index (χ4n) is 5.46. The van der Waals surface area contributed by atoms with Gasteiger partial charge in [0.05, 0.1) is 7.11 Å². The minimum atomic E-state index is 0.138. The van der Waals surface area contributed by atoms with Gasteiger partial charge in [0.1, 0.15) is 17.4 Å². The van der Waals surface area contributed by atoms with E-state index in [-0.39, 0.29) is 11.8 Å². The van der Waals surface area contributed by atoms with Gasteiger partial charge in [0, 0.05) is 67.4 Å². The Morgan fingerprint density at radius 3 is 2.76 bits per heavy atom. The highest BCUT2D eigenvalue weighted by Gasteiger charge is 2.29. The van der Waals surface area contributed by atoms with E-state index >= 15 is 0 Å². The largest absolute Gasteiger partial charge is 0.497 e. The van der Waals surface area contributed by atoms with Crippen LogP contribution in [0.4, 0.5) is 5.82 Å². The number of benzene rings is 1. The molecule has 2 aromatic heterocycles. The zero-order valence-electron chi connectivity index (χ0n) is 20.3. The van der Waals surface area contributed by atoms with Crippen molar-refractivity contribution in [2.24, 2.45) is 7.05 Å². The molecule has 174 valence electrons. The van der Waals surface area contributed by atoms with E-state index in [0.717, 1.165) is 67.5 Å². The first kappa shape index (κ1) is 21.9. The van der Waals surface area contributed by atoms with Crippen molar-refractivity contribution in [1.82, 2.24) is 19.4 Å². The second kappa shape index (κ2) is 8.45. The van der Waals surface area contributed by atoms with Gasteiger partial charge in [-0.3, -0.25) is 14.6 Å². The summed E-state index contributed by atoms with van der Waals surface area (Å²) in [6.07, 6.45) is 3.48. The number of fused-ring (bicyclic) bond motifs is 2. The molecule has 2 aliphatic rings. The molecule has 0 bridgehead atoms. The molecule has 1 aromatic carbocycles. The van der Waals surface area contributed by atoms with E-state index in [1.54, 1.807) is 12.0 Å². The molecule has 3 aromatic rings. The van der Waals surface area contributed by atoms with Crippen LogP contribution in [-0.4, -0.2) is 52.6 Å². The van der Waals surface area contributed by atoms with E-state index in [1.165, 1.54) is 22.2 Å². The van der Waals surface area contributed by atoms with Gasteiger partial charge in [-0.2, -0.15) is 0 Å². The number of rotatable bonds is 4. The van der Waals surface area contributed by atoms with Crippen LogP contribution in [0, 0.1) is 13.8 Å². The maximum absolute atomic E-state index is 12.2. The van der Waals surface area contributed by atoms with Gasteiger partial charge >= 0.3 is 0 Å². The van der Waals surface area contributed by atoms with Crippen LogP contribution in [0.3, 0.4) is 0 Å². The minimum Gasteiger partial charge on any atom is -0.497 e. The molecule has 0 unspecified atom stereocenters. The van der Waals surface area contributed by atoms with Crippen LogP contribution in [0.15, 0.2) is 18.2 Å². The van der Waals surface area contributed by atoms with Crippen molar-refractivity contribution in [2.45, 2.75) is 52.0 Å². The van der Waals surface area contributed by atoms with Crippen LogP contribution in [0.2, 0.25) is 0 Å². The maximum Gasteiger partial charge on any atom is 0.228 e. The summed E-state index contributed by atoms with van der Waals surface area (Å²) in [6, 6.07) is 6.33. The number of anilines is 1. The number of aromatic nitrogens is 3. The van der Waals surface area contributed by atoms with Crippen LogP contribution in [0.25, 0.3) is 10.9 Å². The topological polar surface area (TPSA) is 63.5 Å². The average molecular weight is 448 g/mol. The third kappa shape index (κ3) is 3.78. The Balaban J connectivity index is 1.42. The first-order valence-corrected chi connectivity index (χ1v) is 11.9. The number of carbonyl (C=O) groups is 1. The fourth-order valence-corrected chi connectivity index (χ4v) is 5.46. The predicted octanol–water partition coefficient (Wildman–Crippen LogP) is 3.88. The number of nitrogens with zero attached hydrogens (tertiary/aromatic N) is 5. The van der Waals surface area contributed by atoms with Gasteiger partial charge in [0.2, 0.25) is 5.91 Å². The van der Waals surface area contributed by atoms with E-state index in [9.17, 15) is 4.79 Å². The molecule has 7 nitrogen and oxygen atoms in total. The number of ether oxygens (including phenoxy) is 1. The standard InChI is InChI=1S/C26H33N5O2/c1-16-20-9-11-24(32)30(4)26(20)28-25(27-16)18-7-6-12-31(14-18)15-22-17(2)29(3)23-10-8-19(33-5)13-21(22)23/h8,10,13,18H,6-7,9,11-12,14-15H2,1-5H3/t18-/m0/s1. The van der Waals surface area contributed by atoms with Crippen LogP contribution in [0.5, 0.6) is 5.75 Å². The molecule has 1 amide bonds. The lowest BCUT2D eigenvalue weighted by Gasteiger charge is -2.33. The Morgan fingerprint density at radius 1 is 1.15 bits per heavy atom. The van der Waals surface area contributed by atoms with Crippen molar-refractivity contribution >= 4 is 22.6 Å². The van der Waals surface area contributed by atoms with E-state index in [2.05, 4.69) is 42.5 Å². The Morgan fingerprint density at radius 2 is 1.97 bits per heavy atom. The van der Waals surface area contributed by atoms with Gasteiger partial charge in [-0.05, 0) is 63.4 Å². The Bertz CT molecular complexity index is 1230. The number of carbonyl (C=O) groups excluding carboxylic acids is 1. The molecule has 0 N–H and O–H groups in total. The molecular formula is C26H33N5O2. The second-order valence-corrected chi connectivity index (χ2v) is 9.50. The molecule has 1 atom stereocenters. The Hall–Kier alpha value is -2.93. The summed E-state index contributed by atoms with van der Waals surface area (Å²) in [4.78, 5) is 26.3. The van der Waals surface area contributed by atoms with Crippen molar-refractivity contribution < 1.29 is 9.53 Å². The molecule has 5 rings (SSSR count). The quantitative estimate of drug-likeness (QED) is 0.607. The average Bonchev–Trinajstić information content (AvgIpc) is 3.06. The molecular weight excluding hydrogens is 414 g/mol. The van der Waals surface area contributed by atoms with Crippen LogP contribution in [-0.2, 0) is 24.8 Å². The van der Waals surface area contributed by atoms with Crippen LogP contribution in [0.1, 0.15) is 53.5 Å². The summed E-state index contributed by atoms with van der Waals surface area (Å²) < 4.78 is 7.77. The molecule has 33 heavy (non-hydrogen) atoms. The molecule has 7 heteroatoms. The van der Waals surface area contributed by atoms with Gasteiger partial charge in [0.25, 0.3) is 0 Å². The normalized spacial score (nSPS) is 19.2. The lowest BCUT2D eigenvalue weighted by atomic mass is 9.95. The van der Waals surface area contributed by atoms with Crippen molar-refractivity contribution in [2.75, 3.05) is 32.1 Å². The summed E-state index contributed by atoms with van der Waals surface area (Å²) in [5.41, 5.74) is 6.02. The summed E-state index contributed by atoms with van der Waals surface area (Å²) in [6.45, 7) is 7.15. The van der Waals surface area contributed by atoms with Crippen molar-refractivity contribution in [1.29, 1.82) is 0 Å². The van der Waals surface area contributed by atoms with Gasteiger partial charge in [0.15, 0.2) is 0 Å². The lowest BCUT2D eigenvalue weighted by molar-refractivity contribution is -0.118. The van der Waals surface area contributed by atoms with E-state index < -0.39 is 0 Å². The first-order chi connectivity index (χ1) is 15.9. The maximum atomic E-state index is 12.2. The summed E-state index contributed by atoms with van der Waals surface area (Å²) in [5.74, 6) is 3.00. The van der Waals surface area contributed by atoms with E-state index in [1.807, 2.05) is 13.1 Å². The number of hydrogen-bond acceptors (Lipinski definition) is 5.